The first-order chi connectivity index (χ1) is 15.7. The van der Waals surface area contributed by atoms with Crippen LogP contribution < -0.4 is 26.4 Å². The monoisotopic (exact) mass is 433 g/mol. The summed E-state index contributed by atoms with van der Waals surface area (Å²) in [6.07, 6.45) is 3.94. The van der Waals surface area contributed by atoms with Gasteiger partial charge in [0.2, 0.25) is 0 Å². The molecule has 0 aliphatic carbocycles. The summed E-state index contributed by atoms with van der Waals surface area (Å²) in [5.74, 6) is 1.36. The number of fused-ring (bicyclic) bond motifs is 1. The number of likely N-dealkylation sites (N-methyl/N-ethyl adjacent to an activating group) is 1. The van der Waals surface area contributed by atoms with Gasteiger partial charge in [-0.3, -0.25) is 4.79 Å². The van der Waals surface area contributed by atoms with Gasteiger partial charge in [0.25, 0.3) is 5.56 Å². The molecule has 4 N–H and O–H groups in total. The zero-order valence-corrected chi connectivity index (χ0v) is 18.5. The van der Waals surface area contributed by atoms with Crippen molar-refractivity contribution in [2.75, 3.05) is 61.8 Å². The van der Waals surface area contributed by atoms with Crippen molar-refractivity contribution < 1.29 is 0 Å². The van der Waals surface area contributed by atoms with Crippen molar-refractivity contribution in [3.63, 3.8) is 0 Å². The molecule has 5 rings (SSSR count). The Bertz CT molecular complexity index is 1110. The molecule has 2 aliphatic rings. The van der Waals surface area contributed by atoms with E-state index in [1.807, 2.05) is 12.1 Å². The molecule has 2 fully saturated rings. The fraction of sp³-hybridized carbons (Fsp3) is 0.417. The average molecular weight is 434 g/mol. The Morgan fingerprint density at radius 2 is 1.91 bits per heavy atom. The largest absolute Gasteiger partial charge is 0.369 e. The summed E-state index contributed by atoms with van der Waals surface area (Å²) in [5, 5.41) is 11.8. The molecule has 0 saturated carbocycles. The Morgan fingerprint density at radius 3 is 2.66 bits per heavy atom. The molecule has 2 saturated heterocycles. The highest BCUT2D eigenvalue weighted by atomic mass is 16.1. The molecule has 0 bridgehead atoms. The summed E-state index contributed by atoms with van der Waals surface area (Å²) in [6, 6.07) is 12.6. The maximum absolute atomic E-state index is 12.6. The highest BCUT2D eigenvalue weighted by Crippen LogP contribution is 2.27. The van der Waals surface area contributed by atoms with Crippen molar-refractivity contribution >= 4 is 33.8 Å². The van der Waals surface area contributed by atoms with Crippen LogP contribution in [-0.4, -0.2) is 67.2 Å². The lowest BCUT2D eigenvalue weighted by Gasteiger charge is -2.34. The normalized spacial score (nSPS) is 19.8. The summed E-state index contributed by atoms with van der Waals surface area (Å²) < 4.78 is 0. The first-order valence-electron chi connectivity index (χ1n) is 11.5. The van der Waals surface area contributed by atoms with Gasteiger partial charge in [0.05, 0.1) is 5.39 Å². The smallest absolute Gasteiger partial charge is 0.259 e. The van der Waals surface area contributed by atoms with Crippen molar-refractivity contribution in [2.24, 2.45) is 0 Å². The van der Waals surface area contributed by atoms with Gasteiger partial charge in [-0.2, -0.15) is 0 Å². The van der Waals surface area contributed by atoms with Crippen LogP contribution in [-0.2, 0) is 0 Å². The minimum atomic E-state index is -0.141. The lowest BCUT2D eigenvalue weighted by atomic mass is 10.1. The molecular formula is C24H31N7O. The summed E-state index contributed by atoms with van der Waals surface area (Å²) in [4.78, 5) is 24.9. The maximum atomic E-state index is 12.6. The number of hydrogen-bond acceptors (Lipinski definition) is 7. The van der Waals surface area contributed by atoms with E-state index in [1.165, 1.54) is 5.69 Å². The van der Waals surface area contributed by atoms with Crippen LogP contribution in [0.15, 0.2) is 47.4 Å². The van der Waals surface area contributed by atoms with Crippen molar-refractivity contribution in [3.8, 4) is 0 Å². The second-order valence-corrected chi connectivity index (χ2v) is 8.78. The number of benzene rings is 1. The first kappa shape index (κ1) is 20.8. The minimum absolute atomic E-state index is 0.141. The van der Waals surface area contributed by atoms with Gasteiger partial charge in [-0.1, -0.05) is 0 Å². The molecule has 0 spiro atoms. The fourth-order valence-corrected chi connectivity index (χ4v) is 4.52. The fourth-order valence-electron chi connectivity index (χ4n) is 4.52. The van der Waals surface area contributed by atoms with E-state index in [-0.39, 0.29) is 5.56 Å². The number of aromatic nitrogens is 2. The Labute approximate surface area is 188 Å². The second kappa shape index (κ2) is 9.18. The molecule has 0 unspecified atom stereocenters. The maximum Gasteiger partial charge on any atom is 0.259 e. The quantitative estimate of drug-likeness (QED) is 0.492. The van der Waals surface area contributed by atoms with E-state index in [0.29, 0.717) is 17.2 Å². The number of hydrogen-bond donors (Lipinski definition) is 4. The summed E-state index contributed by atoms with van der Waals surface area (Å²) in [6.45, 7) is 6.22. The molecule has 8 heteroatoms. The Hall–Kier alpha value is -3.10. The average Bonchev–Trinajstić information content (AvgIpc) is 2.81. The van der Waals surface area contributed by atoms with E-state index in [9.17, 15) is 4.79 Å². The number of H-pyrrole nitrogens is 1. The van der Waals surface area contributed by atoms with Crippen LogP contribution in [0.5, 0.6) is 0 Å². The van der Waals surface area contributed by atoms with E-state index in [1.54, 1.807) is 6.20 Å². The van der Waals surface area contributed by atoms with Crippen LogP contribution in [0.3, 0.4) is 0 Å². The van der Waals surface area contributed by atoms with Gasteiger partial charge in [0.15, 0.2) is 0 Å². The van der Waals surface area contributed by atoms with Gasteiger partial charge in [0, 0.05) is 56.3 Å². The molecule has 0 radical (unpaired) electrons. The van der Waals surface area contributed by atoms with Gasteiger partial charge in [-0.25, -0.2) is 4.98 Å². The molecule has 1 atom stereocenters. The van der Waals surface area contributed by atoms with Crippen molar-refractivity contribution in [1.82, 2.24) is 20.2 Å². The van der Waals surface area contributed by atoms with Crippen LogP contribution in [0.1, 0.15) is 12.8 Å². The Balaban J connectivity index is 1.40. The number of piperidine rings is 1. The SMILES string of the molecule is CN1CCN(c2ccc(Nc3nc(N[C@H]4CCCNC4)cc4cc[nH]c(=O)c34)cc2)CC1. The summed E-state index contributed by atoms with van der Waals surface area (Å²) >= 11 is 0. The third-order valence-electron chi connectivity index (χ3n) is 6.40. The standard InChI is InChI=1S/C24H31N7O/c1-30-11-13-31(14-12-30)20-6-4-18(5-7-20)28-23-22-17(8-10-26-24(22)32)15-21(29-23)27-19-3-2-9-25-16-19/h4-8,10,15,19,25H,2-3,9,11-14,16H2,1H3,(H,26,32)(H2,27,28,29)/t19-/m0/s1. The topological polar surface area (TPSA) is 88.3 Å². The number of nitrogens with zero attached hydrogens (tertiary/aromatic N) is 3. The van der Waals surface area contributed by atoms with Crippen LogP contribution in [0.25, 0.3) is 10.8 Å². The number of piperazine rings is 1. The van der Waals surface area contributed by atoms with Crippen molar-refractivity contribution in [3.05, 3.63) is 52.9 Å². The molecule has 8 nitrogen and oxygen atoms in total. The predicted octanol–water partition coefficient (Wildman–Crippen LogP) is 2.58. The third-order valence-corrected chi connectivity index (χ3v) is 6.40. The van der Waals surface area contributed by atoms with Gasteiger partial charge >= 0.3 is 0 Å². The number of aromatic amines is 1. The zero-order chi connectivity index (χ0) is 21.9. The molecule has 4 heterocycles. The predicted molar refractivity (Wildman–Crippen MR) is 131 cm³/mol. The third kappa shape index (κ3) is 4.56. The van der Waals surface area contributed by atoms with Crippen LogP contribution in [0.2, 0.25) is 0 Å². The highest BCUT2D eigenvalue weighted by Gasteiger charge is 2.17. The van der Waals surface area contributed by atoms with Gasteiger partial charge in [-0.05, 0) is 68.2 Å². The van der Waals surface area contributed by atoms with Gasteiger partial charge < -0.3 is 30.7 Å². The highest BCUT2D eigenvalue weighted by molar-refractivity contribution is 5.94. The number of rotatable bonds is 5. The van der Waals surface area contributed by atoms with Gasteiger partial charge in [0.1, 0.15) is 11.6 Å². The Morgan fingerprint density at radius 1 is 1.09 bits per heavy atom. The van der Waals surface area contributed by atoms with Crippen molar-refractivity contribution in [2.45, 2.75) is 18.9 Å². The van der Waals surface area contributed by atoms with Gasteiger partial charge in [-0.15, -0.1) is 0 Å². The molecular weight excluding hydrogens is 402 g/mol. The van der Waals surface area contributed by atoms with E-state index in [4.69, 9.17) is 4.98 Å². The second-order valence-electron chi connectivity index (χ2n) is 8.78. The molecule has 2 aliphatic heterocycles. The lowest BCUT2D eigenvalue weighted by molar-refractivity contribution is 0.313. The van der Waals surface area contributed by atoms with E-state index >= 15 is 0 Å². The molecule has 2 aromatic heterocycles. The molecule has 0 amide bonds. The first-order valence-corrected chi connectivity index (χ1v) is 11.5. The molecule has 3 aromatic rings. The van der Waals surface area contributed by atoms with E-state index in [0.717, 1.165) is 69.0 Å². The zero-order valence-electron chi connectivity index (χ0n) is 18.5. The number of pyridine rings is 2. The number of nitrogens with one attached hydrogen (secondary N) is 4. The summed E-state index contributed by atoms with van der Waals surface area (Å²) in [5.41, 5.74) is 1.99. The molecule has 1 aromatic carbocycles. The minimum Gasteiger partial charge on any atom is -0.369 e. The van der Waals surface area contributed by atoms with E-state index < -0.39 is 0 Å². The lowest BCUT2D eigenvalue weighted by Crippen LogP contribution is -2.44. The van der Waals surface area contributed by atoms with Crippen molar-refractivity contribution in [1.29, 1.82) is 0 Å². The van der Waals surface area contributed by atoms with E-state index in [2.05, 4.69) is 62.0 Å². The summed E-state index contributed by atoms with van der Waals surface area (Å²) in [7, 11) is 2.16. The van der Waals surface area contributed by atoms with Crippen LogP contribution in [0, 0.1) is 0 Å². The Kier molecular flexibility index (Phi) is 5.96. The molecule has 168 valence electrons. The van der Waals surface area contributed by atoms with Crippen LogP contribution >= 0.6 is 0 Å². The van der Waals surface area contributed by atoms with Crippen LogP contribution in [0.4, 0.5) is 23.0 Å². The molecule has 32 heavy (non-hydrogen) atoms. The number of anilines is 4.